The third kappa shape index (κ3) is 6.59. The topological polar surface area (TPSA) is 64.6 Å². The number of carbonyl (C=O) groups is 2. The number of carbonyl (C=O) groups excluding carboxylic acids is 2. The van der Waals surface area contributed by atoms with Crippen LogP contribution in [-0.2, 0) is 9.59 Å². The number of anilines is 1. The van der Waals surface area contributed by atoms with E-state index in [1.165, 1.54) is 12.5 Å². The van der Waals surface area contributed by atoms with E-state index in [4.69, 9.17) is 9.47 Å². The van der Waals surface area contributed by atoms with Crippen molar-refractivity contribution in [2.24, 2.45) is 0 Å². The minimum Gasteiger partial charge on any atom is -0.493 e. The van der Waals surface area contributed by atoms with Gasteiger partial charge in [-0.3, -0.25) is 9.59 Å². The normalized spacial score (nSPS) is 10.3. The minimum atomic E-state index is -0.274. The van der Waals surface area contributed by atoms with Gasteiger partial charge in [-0.15, -0.1) is 0 Å². The Morgan fingerprint density at radius 2 is 1.73 bits per heavy atom. The molecule has 0 saturated carbocycles. The number of nitrogens with one attached hydrogen (secondary N) is 1. The first-order chi connectivity index (χ1) is 12.4. The molecule has 0 aliphatic heterocycles. The quantitative estimate of drug-likeness (QED) is 0.433. The summed E-state index contributed by atoms with van der Waals surface area (Å²) in [6, 6.07) is 12.8. The number of hydrogen-bond donors (Lipinski definition) is 1. The molecule has 0 atom stereocenters. The molecule has 0 radical (unpaired) electrons. The largest absolute Gasteiger partial charge is 0.493 e. The molecule has 5 nitrogen and oxygen atoms in total. The zero-order valence-electron chi connectivity index (χ0n) is 15.5. The molecule has 0 saturated heterocycles. The maximum atomic E-state index is 11.9. The monoisotopic (exact) mass is 355 g/mol. The highest BCUT2D eigenvalue weighted by molar-refractivity contribution is 5.88. The lowest BCUT2D eigenvalue weighted by Gasteiger charge is -2.10. The zero-order chi connectivity index (χ0) is 18.9. The zero-order valence-corrected chi connectivity index (χ0v) is 15.5. The van der Waals surface area contributed by atoms with Crippen LogP contribution in [0.5, 0.6) is 11.5 Å². The summed E-state index contributed by atoms with van der Waals surface area (Å²) in [4.78, 5) is 22.8. The molecule has 1 N–H and O–H groups in total. The first kappa shape index (κ1) is 19.5. The predicted molar refractivity (Wildman–Crippen MR) is 102 cm³/mol. The number of aryl methyl sites for hydroxylation is 2. The van der Waals surface area contributed by atoms with Crippen molar-refractivity contribution in [3.63, 3.8) is 0 Å². The lowest BCUT2D eigenvalue weighted by atomic mass is 10.1. The highest BCUT2D eigenvalue weighted by Gasteiger charge is 2.06. The van der Waals surface area contributed by atoms with Gasteiger partial charge in [0.15, 0.2) is 0 Å². The van der Waals surface area contributed by atoms with Crippen molar-refractivity contribution in [2.75, 3.05) is 11.9 Å². The molecule has 0 aliphatic rings. The van der Waals surface area contributed by atoms with E-state index in [1.54, 1.807) is 24.3 Å². The maximum absolute atomic E-state index is 11.9. The maximum Gasteiger partial charge on any atom is 0.311 e. The van der Waals surface area contributed by atoms with Gasteiger partial charge in [0, 0.05) is 19.0 Å². The average Bonchev–Trinajstić information content (AvgIpc) is 2.59. The molecule has 2 aromatic rings. The Morgan fingerprint density at radius 3 is 2.42 bits per heavy atom. The van der Waals surface area contributed by atoms with E-state index < -0.39 is 0 Å². The fourth-order valence-corrected chi connectivity index (χ4v) is 2.41. The molecular formula is C21H25NO4. The number of hydrogen-bond acceptors (Lipinski definition) is 4. The lowest BCUT2D eigenvalue weighted by Crippen LogP contribution is -2.09. The van der Waals surface area contributed by atoms with Crippen LogP contribution in [0.25, 0.3) is 0 Å². The van der Waals surface area contributed by atoms with E-state index in [9.17, 15) is 9.59 Å². The molecule has 2 rings (SSSR count). The van der Waals surface area contributed by atoms with E-state index >= 15 is 0 Å². The van der Waals surface area contributed by atoms with Crippen LogP contribution in [0.1, 0.15) is 37.3 Å². The van der Waals surface area contributed by atoms with Crippen molar-refractivity contribution < 1.29 is 19.1 Å². The summed E-state index contributed by atoms with van der Waals surface area (Å²) in [5, 5.41) is 2.66. The summed E-state index contributed by atoms with van der Waals surface area (Å²) >= 11 is 0. The van der Waals surface area contributed by atoms with E-state index in [0.717, 1.165) is 17.7 Å². The summed E-state index contributed by atoms with van der Waals surface area (Å²) in [6.07, 6.45) is 1.82. The van der Waals surface area contributed by atoms with Gasteiger partial charge in [0.05, 0.1) is 6.61 Å². The molecule has 0 aliphatic carbocycles. The van der Waals surface area contributed by atoms with E-state index in [2.05, 4.69) is 11.4 Å². The smallest absolute Gasteiger partial charge is 0.311 e. The molecule has 0 spiro atoms. The molecule has 26 heavy (non-hydrogen) atoms. The Labute approximate surface area is 154 Å². The molecule has 1 amide bonds. The van der Waals surface area contributed by atoms with E-state index in [1.807, 2.05) is 26.0 Å². The molecule has 2 aromatic carbocycles. The molecule has 0 fully saturated rings. The summed E-state index contributed by atoms with van der Waals surface area (Å²) in [7, 11) is 0. The highest BCUT2D eigenvalue weighted by atomic mass is 16.5. The lowest BCUT2D eigenvalue weighted by molar-refractivity contribution is -0.134. The van der Waals surface area contributed by atoms with Crippen LogP contribution in [0.4, 0.5) is 5.69 Å². The molecule has 0 heterocycles. The van der Waals surface area contributed by atoms with Crippen LogP contribution < -0.4 is 14.8 Å². The van der Waals surface area contributed by atoms with Gasteiger partial charge in [-0.05, 0) is 68.1 Å². The number of benzene rings is 2. The second-order valence-corrected chi connectivity index (χ2v) is 6.25. The predicted octanol–water partition coefficient (Wildman–Crippen LogP) is 4.42. The van der Waals surface area contributed by atoms with Crippen molar-refractivity contribution in [3.05, 3.63) is 53.6 Å². The Kier molecular flexibility index (Phi) is 7.21. The van der Waals surface area contributed by atoms with Gasteiger partial charge < -0.3 is 14.8 Å². The van der Waals surface area contributed by atoms with Gasteiger partial charge >= 0.3 is 5.97 Å². The van der Waals surface area contributed by atoms with Crippen molar-refractivity contribution in [1.82, 2.24) is 0 Å². The van der Waals surface area contributed by atoms with E-state index in [0.29, 0.717) is 30.9 Å². The standard InChI is InChI=1S/C21H25NO4/c1-15-7-8-16(2)20(14-15)25-13-5-4-6-21(24)26-19-11-9-18(10-12-19)22-17(3)23/h7-12,14H,4-6,13H2,1-3H3,(H,22,23). The van der Waals surface area contributed by atoms with Crippen molar-refractivity contribution in [1.29, 1.82) is 0 Å². The van der Waals surface area contributed by atoms with Crippen molar-refractivity contribution in [2.45, 2.75) is 40.0 Å². The number of unbranched alkanes of at least 4 members (excludes halogenated alkanes) is 1. The van der Waals surface area contributed by atoms with Crippen molar-refractivity contribution >= 4 is 17.6 Å². The second-order valence-electron chi connectivity index (χ2n) is 6.25. The number of ether oxygens (including phenoxy) is 2. The Hall–Kier alpha value is -2.82. The molecule has 0 bridgehead atoms. The second kappa shape index (κ2) is 9.61. The Morgan fingerprint density at radius 1 is 1.00 bits per heavy atom. The molecule has 0 aromatic heterocycles. The highest BCUT2D eigenvalue weighted by Crippen LogP contribution is 2.20. The van der Waals surface area contributed by atoms with E-state index in [-0.39, 0.29) is 11.9 Å². The van der Waals surface area contributed by atoms with Crippen LogP contribution in [0.15, 0.2) is 42.5 Å². The summed E-state index contributed by atoms with van der Waals surface area (Å²) in [5.74, 6) is 0.949. The number of esters is 1. The molecular weight excluding hydrogens is 330 g/mol. The Bertz CT molecular complexity index is 753. The summed E-state index contributed by atoms with van der Waals surface area (Å²) in [5.41, 5.74) is 2.94. The number of amides is 1. The third-order valence-electron chi connectivity index (χ3n) is 3.78. The third-order valence-corrected chi connectivity index (χ3v) is 3.78. The van der Waals surface area contributed by atoms with Crippen LogP contribution in [0.3, 0.4) is 0 Å². The van der Waals surface area contributed by atoms with Gasteiger partial charge in [-0.2, -0.15) is 0 Å². The molecule has 0 unspecified atom stereocenters. The van der Waals surface area contributed by atoms with Gasteiger partial charge in [-0.25, -0.2) is 0 Å². The summed E-state index contributed by atoms with van der Waals surface area (Å²) < 4.78 is 11.1. The Balaban J connectivity index is 1.67. The summed E-state index contributed by atoms with van der Waals surface area (Å²) in [6.45, 7) is 6.06. The SMILES string of the molecule is CC(=O)Nc1ccc(OC(=O)CCCCOc2cc(C)ccc2C)cc1. The molecule has 138 valence electrons. The number of rotatable bonds is 8. The van der Waals surface area contributed by atoms with Crippen LogP contribution in [-0.4, -0.2) is 18.5 Å². The molecule has 5 heteroatoms. The van der Waals surface area contributed by atoms with Crippen LogP contribution in [0.2, 0.25) is 0 Å². The van der Waals surface area contributed by atoms with Gasteiger partial charge in [-0.1, -0.05) is 12.1 Å². The van der Waals surface area contributed by atoms with Crippen LogP contribution >= 0.6 is 0 Å². The first-order valence-electron chi connectivity index (χ1n) is 8.72. The first-order valence-corrected chi connectivity index (χ1v) is 8.72. The van der Waals surface area contributed by atoms with Gasteiger partial charge in [0.25, 0.3) is 0 Å². The van der Waals surface area contributed by atoms with Gasteiger partial charge in [0.1, 0.15) is 11.5 Å². The minimum absolute atomic E-state index is 0.141. The fourth-order valence-electron chi connectivity index (χ4n) is 2.41. The van der Waals surface area contributed by atoms with Gasteiger partial charge in [0.2, 0.25) is 5.91 Å². The van der Waals surface area contributed by atoms with Crippen molar-refractivity contribution in [3.8, 4) is 11.5 Å². The fraction of sp³-hybridized carbons (Fsp3) is 0.333. The average molecular weight is 355 g/mol. The van der Waals surface area contributed by atoms with Crippen LogP contribution in [0, 0.1) is 13.8 Å².